The maximum absolute atomic E-state index is 12.8. The fourth-order valence-corrected chi connectivity index (χ4v) is 5.32. The summed E-state index contributed by atoms with van der Waals surface area (Å²) >= 11 is 0. The van der Waals surface area contributed by atoms with E-state index in [1.807, 2.05) is 0 Å². The zero-order valence-corrected chi connectivity index (χ0v) is 16.9. The number of rotatable bonds is 6. The molecule has 2 aliphatic rings. The van der Waals surface area contributed by atoms with Crippen molar-refractivity contribution >= 4 is 16.2 Å². The molecule has 3 rings (SSSR count). The topological polar surface area (TPSA) is 96.4 Å². The lowest BCUT2D eigenvalue weighted by molar-refractivity contribution is -0.274. The first-order valence-electron chi connectivity index (χ1n) is 9.55. The molecule has 0 amide bonds. The summed E-state index contributed by atoms with van der Waals surface area (Å²) in [7, 11) is -3.66. The zero-order valence-electron chi connectivity index (χ0n) is 16.1. The van der Waals surface area contributed by atoms with Crippen LogP contribution in [0.2, 0.25) is 0 Å². The average Bonchev–Trinajstić information content (AvgIpc) is 2.69. The van der Waals surface area contributed by atoms with Crippen LogP contribution in [0.3, 0.4) is 0 Å². The summed E-state index contributed by atoms with van der Waals surface area (Å²) in [5.74, 6) is -1.66. The largest absolute Gasteiger partial charge is 0.573 e. The number of carbonyl (C=O) groups is 1. The van der Waals surface area contributed by atoms with Crippen molar-refractivity contribution in [3.63, 3.8) is 0 Å². The molecule has 30 heavy (non-hydrogen) atoms. The van der Waals surface area contributed by atoms with E-state index < -0.39 is 33.9 Å². The number of nitrogens with zero attached hydrogens (tertiary/aromatic N) is 2. The number of carboxylic acid groups (broad SMARTS) is 1. The predicted octanol–water partition coefficient (Wildman–Crippen LogP) is 2.61. The van der Waals surface area contributed by atoms with Gasteiger partial charge in [-0.2, -0.15) is 17.0 Å². The van der Waals surface area contributed by atoms with Gasteiger partial charge >= 0.3 is 12.3 Å². The molecule has 2 fully saturated rings. The number of ether oxygens (including phenoxy) is 2. The van der Waals surface area contributed by atoms with Crippen molar-refractivity contribution in [2.75, 3.05) is 26.2 Å². The molecule has 0 spiro atoms. The van der Waals surface area contributed by atoms with Crippen molar-refractivity contribution < 1.29 is 41.0 Å². The van der Waals surface area contributed by atoms with Gasteiger partial charge < -0.3 is 14.6 Å². The van der Waals surface area contributed by atoms with Crippen LogP contribution in [0.4, 0.5) is 13.2 Å². The van der Waals surface area contributed by atoms with E-state index in [0.29, 0.717) is 13.1 Å². The Morgan fingerprint density at radius 3 is 1.93 bits per heavy atom. The molecule has 1 aromatic carbocycles. The number of carboxylic acids is 1. The number of halogens is 3. The number of benzene rings is 1. The molecule has 8 nitrogen and oxygen atoms in total. The van der Waals surface area contributed by atoms with Gasteiger partial charge in [0.2, 0.25) is 5.60 Å². The molecule has 0 saturated carbocycles. The summed E-state index contributed by atoms with van der Waals surface area (Å²) in [6.45, 7) is 0.846. The van der Waals surface area contributed by atoms with Gasteiger partial charge in [-0.05, 0) is 37.1 Å². The first-order valence-corrected chi connectivity index (χ1v) is 11.0. The predicted molar refractivity (Wildman–Crippen MR) is 99.3 cm³/mol. The number of hydrogen-bond acceptors (Lipinski definition) is 5. The Bertz CT molecular complexity index is 846. The lowest BCUT2D eigenvalue weighted by Crippen LogP contribution is -2.56. The van der Waals surface area contributed by atoms with Gasteiger partial charge in [0.05, 0.1) is 0 Å². The van der Waals surface area contributed by atoms with Crippen LogP contribution in [0.25, 0.3) is 0 Å². The number of piperidine rings is 2. The maximum atomic E-state index is 12.8. The standard InChI is InChI=1S/C18H23F3N2O6S/c19-18(20,21)29-15-6-4-14(5-7-15)28-17(16(24)25)8-12-23(13-9-17)30(26,27)22-10-2-1-3-11-22/h4-7H,1-3,8-13H2,(H,24,25). The third kappa shape index (κ3) is 5.16. The summed E-state index contributed by atoms with van der Waals surface area (Å²) in [6, 6.07) is 4.41. The summed E-state index contributed by atoms with van der Waals surface area (Å²) < 4.78 is 74.5. The van der Waals surface area contributed by atoms with Crippen molar-refractivity contribution in [3.05, 3.63) is 24.3 Å². The van der Waals surface area contributed by atoms with Gasteiger partial charge in [-0.1, -0.05) is 6.42 Å². The second-order valence-electron chi connectivity index (χ2n) is 7.29. The zero-order chi connectivity index (χ0) is 22.0. The van der Waals surface area contributed by atoms with E-state index in [-0.39, 0.29) is 31.7 Å². The van der Waals surface area contributed by atoms with Crippen LogP contribution in [-0.4, -0.2) is 66.2 Å². The van der Waals surface area contributed by atoms with Crippen molar-refractivity contribution in [2.45, 2.75) is 44.1 Å². The molecule has 2 saturated heterocycles. The van der Waals surface area contributed by atoms with E-state index in [1.54, 1.807) is 0 Å². The van der Waals surface area contributed by atoms with Gasteiger partial charge in [0.15, 0.2) is 0 Å². The summed E-state index contributed by atoms with van der Waals surface area (Å²) in [5.41, 5.74) is -1.67. The second kappa shape index (κ2) is 8.60. The molecule has 1 aromatic rings. The fraction of sp³-hybridized carbons (Fsp3) is 0.611. The maximum Gasteiger partial charge on any atom is 0.573 e. The van der Waals surface area contributed by atoms with Crippen LogP contribution < -0.4 is 9.47 Å². The van der Waals surface area contributed by atoms with Crippen molar-refractivity contribution in [2.24, 2.45) is 0 Å². The van der Waals surface area contributed by atoms with Crippen molar-refractivity contribution in [3.8, 4) is 11.5 Å². The van der Waals surface area contributed by atoms with Crippen LogP contribution in [-0.2, 0) is 15.0 Å². The van der Waals surface area contributed by atoms with E-state index in [1.165, 1.54) is 20.7 Å². The van der Waals surface area contributed by atoms with Crippen molar-refractivity contribution in [1.29, 1.82) is 0 Å². The molecule has 12 heteroatoms. The summed E-state index contributed by atoms with van der Waals surface area (Å²) in [5, 5.41) is 9.72. The number of alkyl halides is 3. The molecule has 1 N–H and O–H groups in total. The Morgan fingerprint density at radius 2 is 1.43 bits per heavy atom. The van der Waals surface area contributed by atoms with E-state index in [2.05, 4.69) is 4.74 Å². The van der Waals surface area contributed by atoms with Crippen LogP contribution >= 0.6 is 0 Å². The molecule has 0 aromatic heterocycles. The van der Waals surface area contributed by atoms with E-state index >= 15 is 0 Å². The Morgan fingerprint density at radius 1 is 0.933 bits per heavy atom. The van der Waals surface area contributed by atoms with Crippen LogP contribution in [0.15, 0.2) is 24.3 Å². The van der Waals surface area contributed by atoms with Gasteiger partial charge in [0, 0.05) is 39.0 Å². The molecule has 0 radical (unpaired) electrons. The minimum atomic E-state index is -4.84. The lowest BCUT2D eigenvalue weighted by atomic mass is 9.92. The highest BCUT2D eigenvalue weighted by atomic mass is 32.2. The smallest absolute Gasteiger partial charge is 0.478 e. The highest BCUT2D eigenvalue weighted by Crippen LogP contribution is 2.33. The molecular weight excluding hydrogens is 429 g/mol. The first kappa shape index (κ1) is 22.6. The lowest BCUT2D eigenvalue weighted by Gasteiger charge is -2.40. The first-order chi connectivity index (χ1) is 14.0. The molecule has 2 aliphatic heterocycles. The van der Waals surface area contributed by atoms with E-state index in [9.17, 15) is 31.5 Å². The Kier molecular flexibility index (Phi) is 6.48. The average molecular weight is 452 g/mol. The summed E-state index contributed by atoms with van der Waals surface area (Å²) in [6.07, 6.45) is -2.44. The molecule has 0 aliphatic carbocycles. The third-order valence-electron chi connectivity index (χ3n) is 5.26. The van der Waals surface area contributed by atoms with Crippen LogP contribution in [0.1, 0.15) is 32.1 Å². The van der Waals surface area contributed by atoms with Gasteiger partial charge in [0.25, 0.3) is 10.2 Å². The summed E-state index contributed by atoms with van der Waals surface area (Å²) in [4.78, 5) is 11.9. The number of aliphatic carboxylic acids is 1. The highest BCUT2D eigenvalue weighted by Gasteiger charge is 2.47. The minimum Gasteiger partial charge on any atom is -0.478 e. The molecule has 0 bridgehead atoms. The van der Waals surface area contributed by atoms with Crippen LogP contribution in [0, 0.1) is 0 Å². The Labute approximate surface area is 172 Å². The SMILES string of the molecule is O=C(O)C1(Oc2ccc(OC(F)(F)F)cc2)CCN(S(=O)(=O)N2CCCCC2)CC1. The number of hydrogen-bond donors (Lipinski definition) is 1. The molecule has 0 unspecified atom stereocenters. The van der Waals surface area contributed by atoms with Crippen molar-refractivity contribution in [1.82, 2.24) is 8.61 Å². The van der Waals surface area contributed by atoms with Gasteiger partial charge in [-0.25, -0.2) is 4.79 Å². The fourth-order valence-electron chi connectivity index (χ4n) is 3.63. The Hall–Kier alpha value is -2.05. The normalized spacial score (nSPS) is 21.2. The molecule has 0 atom stereocenters. The van der Waals surface area contributed by atoms with Gasteiger partial charge in [0.1, 0.15) is 11.5 Å². The molecule has 2 heterocycles. The van der Waals surface area contributed by atoms with Crippen LogP contribution in [0.5, 0.6) is 11.5 Å². The monoisotopic (exact) mass is 452 g/mol. The Balaban J connectivity index is 1.67. The molecule has 168 valence electrons. The third-order valence-corrected chi connectivity index (χ3v) is 7.29. The molecular formula is C18H23F3N2O6S. The van der Waals surface area contributed by atoms with E-state index in [4.69, 9.17) is 4.74 Å². The van der Waals surface area contributed by atoms with Gasteiger partial charge in [-0.15, -0.1) is 13.2 Å². The van der Waals surface area contributed by atoms with Gasteiger partial charge in [-0.3, -0.25) is 0 Å². The highest BCUT2D eigenvalue weighted by molar-refractivity contribution is 7.86. The minimum absolute atomic E-state index is 0.0274. The second-order valence-corrected chi connectivity index (χ2v) is 9.22. The van der Waals surface area contributed by atoms with E-state index in [0.717, 1.165) is 31.4 Å². The quantitative estimate of drug-likeness (QED) is 0.713.